The van der Waals surface area contributed by atoms with E-state index in [4.69, 9.17) is 5.11 Å². The number of hydrogen-bond donors (Lipinski definition) is 1. The number of carbonyl (C=O) groups is 4. The molecule has 160 valence electrons. The van der Waals surface area contributed by atoms with E-state index in [1.165, 1.54) is 0 Å². The summed E-state index contributed by atoms with van der Waals surface area (Å²) in [6.07, 6.45) is 5.33. The van der Waals surface area contributed by atoms with Gasteiger partial charge in [0.05, 0.1) is 0 Å². The van der Waals surface area contributed by atoms with E-state index in [1.54, 1.807) is 0 Å². The Kier molecular flexibility index (Phi) is 5.02. The van der Waals surface area contributed by atoms with Crippen LogP contribution in [0.25, 0.3) is 0 Å². The molecule has 4 aliphatic rings. The molecule has 0 aromatic rings. The number of carbonyl (C=O) groups excluding carboxylic acids is 3. The predicted octanol–water partition coefficient (Wildman–Crippen LogP) is 4.07. The molecule has 1 N–H and O–H groups in total. The summed E-state index contributed by atoms with van der Waals surface area (Å²) in [4.78, 5) is 50.0. The topological polar surface area (TPSA) is 88.5 Å². The van der Waals surface area contributed by atoms with Crippen molar-refractivity contribution >= 4 is 23.3 Å². The average Bonchev–Trinajstić information content (AvgIpc) is 3.01. The monoisotopic (exact) mass is 402 g/mol. The standard InChI is InChI=1S/C24H34O5/c1-13(4-7-21(28)29)16-5-6-17-22-18(12-20(27)24(16,17)3)23(2)9-8-15(25)10-14(23)11-19(22)26/h13-14,16-18,22H,4-12H2,1-3H3,(H,28,29)/t13-,14+,16+,17-,18-,22-,23-,24+/m0/s1. The van der Waals surface area contributed by atoms with Crippen molar-refractivity contribution < 1.29 is 24.3 Å². The van der Waals surface area contributed by atoms with Gasteiger partial charge in [0.1, 0.15) is 17.3 Å². The number of hydrogen-bond acceptors (Lipinski definition) is 4. The highest BCUT2D eigenvalue weighted by Crippen LogP contribution is 2.66. The zero-order valence-electron chi connectivity index (χ0n) is 17.9. The van der Waals surface area contributed by atoms with Gasteiger partial charge in [-0.05, 0) is 60.7 Å². The van der Waals surface area contributed by atoms with Crippen LogP contribution >= 0.6 is 0 Å². The normalized spacial score (nSPS) is 45.3. The van der Waals surface area contributed by atoms with Crippen LogP contribution in [0.2, 0.25) is 0 Å². The van der Waals surface area contributed by atoms with Crippen LogP contribution in [0.15, 0.2) is 0 Å². The van der Waals surface area contributed by atoms with Gasteiger partial charge in [0, 0.05) is 43.4 Å². The Balaban J connectivity index is 1.63. The molecule has 0 bridgehead atoms. The molecule has 5 heteroatoms. The van der Waals surface area contributed by atoms with Crippen LogP contribution in [0.1, 0.15) is 78.6 Å². The zero-order chi connectivity index (χ0) is 21.1. The van der Waals surface area contributed by atoms with E-state index in [0.29, 0.717) is 32.1 Å². The van der Waals surface area contributed by atoms with Crippen molar-refractivity contribution in [2.75, 3.05) is 0 Å². The smallest absolute Gasteiger partial charge is 0.303 e. The van der Waals surface area contributed by atoms with Gasteiger partial charge in [-0.15, -0.1) is 0 Å². The summed E-state index contributed by atoms with van der Waals surface area (Å²) >= 11 is 0. The Morgan fingerprint density at radius 1 is 1.10 bits per heavy atom. The fourth-order valence-electron chi connectivity index (χ4n) is 7.94. The van der Waals surface area contributed by atoms with Gasteiger partial charge in [-0.3, -0.25) is 19.2 Å². The lowest BCUT2D eigenvalue weighted by molar-refractivity contribution is -0.166. The van der Waals surface area contributed by atoms with E-state index in [9.17, 15) is 19.2 Å². The van der Waals surface area contributed by atoms with Crippen molar-refractivity contribution in [2.45, 2.75) is 78.6 Å². The highest BCUT2D eigenvalue weighted by Gasteiger charge is 2.66. The summed E-state index contributed by atoms with van der Waals surface area (Å²) in [5.74, 6) is 0.524. The minimum Gasteiger partial charge on any atom is -0.481 e. The third-order valence-electron chi connectivity index (χ3n) is 9.72. The molecule has 4 saturated carbocycles. The number of ketones is 3. The second kappa shape index (κ2) is 7.02. The Hall–Kier alpha value is -1.52. The van der Waals surface area contributed by atoms with Gasteiger partial charge in [-0.2, -0.15) is 0 Å². The third-order valence-corrected chi connectivity index (χ3v) is 9.72. The second-order valence-corrected chi connectivity index (χ2v) is 10.9. The highest BCUT2D eigenvalue weighted by molar-refractivity contribution is 5.93. The summed E-state index contributed by atoms with van der Waals surface area (Å²) in [7, 11) is 0. The van der Waals surface area contributed by atoms with Crippen molar-refractivity contribution in [3.63, 3.8) is 0 Å². The van der Waals surface area contributed by atoms with Crippen LogP contribution in [0, 0.1) is 46.3 Å². The van der Waals surface area contributed by atoms with Crippen LogP contribution in [0.5, 0.6) is 0 Å². The van der Waals surface area contributed by atoms with E-state index in [1.807, 2.05) is 0 Å². The third kappa shape index (κ3) is 3.02. The molecule has 4 rings (SSSR count). The number of carboxylic acid groups (broad SMARTS) is 1. The van der Waals surface area contributed by atoms with Crippen molar-refractivity contribution in [3.05, 3.63) is 0 Å². The average molecular weight is 403 g/mol. The first-order valence-corrected chi connectivity index (χ1v) is 11.4. The van der Waals surface area contributed by atoms with E-state index in [2.05, 4.69) is 20.8 Å². The molecule has 0 aliphatic heterocycles. The highest BCUT2D eigenvalue weighted by atomic mass is 16.4. The molecule has 0 spiro atoms. The molecule has 0 aromatic heterocycles. The van der Waals surface area contributed by atoms with Gasteiger partial charge in [-0.1, -0.05) is 20.8 Å². The number of carboxylic acids is 1. The van der Waals surface area contributed by atoms with Gasteiger partial charge in [0.15, 0.2) is 0 Å². The Morgan fingerprint density at radius 3 is 2.52 bits per heavy atom. The van der Waals surface area contributed by atoms with Crippen molar-refractivity contribution in [1.82, 2.24) is 0 Å². The number of aliphatic carboxylic acids is 1. The van der Waals surface area contributed by atoms with Gasteiger partial charge >= 0.3 is 5.97 Å². The van der Waals surface area contributed by atoms with Gasteiger partial charge in [-0.25, -0.2) is 0 Å². The molecule has 0 aromatic carbocycles. The van der Waals surface area contributed by atoms with Crippen molar-refractivity contribution in [2.24, 2.45) is 46.3 Å². The lowest BCUT2D eigenvalue weighted by atomic mass is 9.44. The summed E-state index contributed by atoms with van der Waals surface area (Å²) in [5, 5.41) is 9.06. The fraction of sp³-hybridized carbons (Fsp3) is 0.833. The summed E-state index contributed by atoms with van der Waals surface area (Å²) in [5.41, 5.74) is -0.598. The molecule has 29 heavy (non-hydrogen) atoms. The first-order chi connectivity index (χ1) is 13.6. The lowest BCUT2D eigenvalue weighted by Crippen LogP contribution is -2.60. The molecule has 0 heterocycles. The number of Topliss-reactive ketones (excluding diaryl/α,β-unsaturated/α-hetero) is 3. The second-order valence-electron chi connectivity index (χ2n) is 10.9. The predicted molar refractivity (Wildman–Crippen MR) is 107 cm³/mol. The maximum atomic E-state index is 13.6. The van der Waals surface area contributed by atoms with Crippen LogP contribution in [-0.4, -0.2) is 28.4 Å². The minimum absolute atomic E-state index is 0.0659. The van der Waals surface area contributed by atoms with Crippen LogP contribution in [0.3, 0.4) is 0 Å². The van der Waals surface area contributed by atoms with E-state index in [0.717, 1.165) is 19.3 Å². The van der Waals surface area contributed by atoms with Gasteiger partial charge < -0.3 is 5.11 Å². The van der Waals surface area contributed by atoms with Crippen molar-refractivity contribution in [1.29, 1.82) is 0 Å². The molecule has 8 atom stereocenters. The van der Waals surface area contributed by atoms with Crippen LogP contribution in [-0.2, 0) is 19.2 Å². The molecular formula is C24H34O5. The quantitative estimate of drug-likeness (QED) is 0.766. The largest absolute Gasteiger partial charge is 0.481 e. The summed E-state index contributed by atoms with van der Waals surface area (Å²) < 4.78 is 0. The Morgan fingerprint density at radius 2 is 1.83 bits per heavy atom. The molecule has 0 amide bonds. The van der Waals surface area contributed by atoms with E-state index in [-0.39, 0.29) is 64.7 Å². The number of rotatable bonds is 4. The maximum Gasteiger partial charge on any atom is 0.303 e. The summed E-state index contributed by atoms with van der Waals surface area (Å²) in [6.45, 7) is 6.37. The van der Waals surface area contributed by atoms with E-state index < -0.39 is 11.4 Å². The molecule has 0 saturated heterocycles. The van der Waals surface area contributed by atoms with Gasteiger partial charge in [0.2, 0.25) is 0 Å². The van der Waals surface area contributed by atoms with Crippen LogP contribution < -0.4 is 0 Å². The SMILES string of the molecule is C[C@@H](CCC(=O)O)[C@H]1CC[C@H]2[C@@H]3C(=O)C[C@H]4CC(=O)CC[C@]4(C)[C@H]3CC(=O)[C@]12C. The Bertz CT molecular complexity index is 756. The number of fused-ring (bicyclic) bond motifs is 5. The first kappa shape index (κ1) is 20.7. The maximum absolute atomic E-state index is 13.6. The minimum atomic E-state index is -0.792. The molecule has 4 fully saturated rings. The molecule has 5 nitrogen and oxygen atoms in total. The van der Waals surface area contributed by atoms with Crippen LogP contribution in [0.4, 0.5) is 0 Å². The first-order valence-electron chi connectivity index (χ1n) is 11.4. The van der Waals surface area contributed by atoms with E-state index >= 15 is 0 Å². The summed E-state index contributed by atoms with van der Waals surface area (Å²) in [6, 6.07) is 0. The van der Waals surface area contributed by atoms with Gasteiger partial charge in [0.25, 0.3) is 0 Å². The molecular weight excluding hydrogens is 368 g/mol. The molecule has 0 unspecified atom stereocenters. The lowest BCUT2D eigenvalue weighted by Gasteiger charge is -2.58. The molecule has 0 radical (unpaired) electrons. The molecule has 4 aliphatic carbocycles. The zero-order valence-corrected chi connectivity index (χ0v) is 17.9. The van der Waals surface area contributed by atoms with Crippen molar-refractivity contribution in [3.8, 4) is 0 Å². The Labute approximate surface area is 173 Å². The fourth-order valence-corrected chi connectivity index (χ4v) is 7.94.